The largest absolute Gasteiger partial charge is 0.490 e. The third-order valence-electron chi connectivity index (χ3n) is 6.89. The minimum atomic E-state index is -5.08. The Balaban J connectivity index is 0.00000103. The molecule has 0 bridgehead atoms. The number of alkyl halides is 3. The van der Waals surface area contributed by atoms with Gasteiger partial charge >= 0.3 is 18.1 Å². The van der Waals surface area contributed by atoms with Crippen molar-refractivity contribution >= 4 is 23.7 Å². The molecule has 0 spiro atoms. The lowest BCUT2D eigenvalue weighted by atomic mass is 9.96. The summed E-state index contributed by atoms with van der Waals surface area (Å²) < 4.78 is 37.4. The van der Waals surface area contributed by atoms with Gasteiger partial charge in [-0.2, -0.15) is 13.2 Å². The number of aromatic nitrogens is 1. The topological polar surface area (TPSA) is 155 Å². The molecule has 0 aliphatic heterocycles. The van der Waals surface area contributed by atoms with E-state index in [9.17, 15) is 28.0 Å². The second kappa shape index (κ2) is 17.3. The number of esters is 1. The zero-order chi connectivity index (χ0) is 36.2. The molecule has 0 saturated heterocycles. The Morgan fingerprint density at radius 3 is 2.10 bits per heavy atom. The summed E-state index contributed by atoms with van der Waals surface area (Å²) >= 11 is 0. The minimum absolute atomic E-state index is 0.0182. The molecule has 48 heavy (non-hydrogen) atoms. The SMILES string of the molecule is CCCCC(=O)N(Cc1ccc(-c2cc(-c3ccccc3)ccc2/C(N)=N/O)nc1)[C@H](C(=O)OC(C)(C)C)C(C)C.O=C(O)C(F)(F)F. The monoisotopic (exact) mass is 672 g/mol. The Hall–Kier alpha value is -4.94. The quantitative estimate of drug-likeness (QED) is 0.0645. The molecule has 3 aromatic rings. The molecule has 3 rings (SSSR count). The number of hydrogen-bond donors (Lipinski definition) is 3. The van der Waals surface area contributed by atoms with Gasteiger partial charge in [-0.15, -0.1) is 0 Å². The van der Waals surface area contributed by atoms with Gasteiger partial charge in [0.15, 0.2) is 5.84 Å². The van der Waals surface area contributed by atoms with Crippen molar-refractivity contribution in [2.24, 2.45) is 16.8 Å². The highest BCUT2D eigenvalue weighted by atomic mass is 19.4. The van der Waals surface area contributed by atoms with E-state index in [1.165, 1.54) is 0 Å². The van der Waals surface area contributed by atoms with E-state index in [0.29, 0.717) is 23.2 Å². The maximum atomic E-state index is 13.4. The van der Waals surface area contributed by atoms with Crippen LogP contribution in [0.15, 0.2) is 72.0 Å². The molecule has 1 atom stereocenters. The number of ether oxygens (including phenoxy) is 1. The highest BCUT2D eigenvalue weighted by Crippen LogP contribution is 2.29. The fourth-order valence-electron chi connectivity index (χ4n) is 4.65. The molecule has 1 aromatic heterocycles. The second-order valence-electron chi connectivity index (χ2n) is 12.3. The summed E-state index contributed by atoms with van der Waals surface area (Å²) in [5, 5.41) is 19.7. The number of carboxylic acids is 1. The standard InChI is InChI=1S/C33H42N4O4.C2HF3O2/c1-7-8-14-29(38)37(30(22(2)3)32(39)41-33(4,5)6)21-23-15-18-28(35-20-23)27-19-25(24-12-10-9-11-13-24)16-17-26(27)31(34)36-40;3-2(4,5)1(6)7/h9-13,15-20,22,30,40H,7-8,14,21H2,1-6H3,(H2,34,36);(H,6,7)/t30-;/m0./s1. The second-order valence-corrected chi connectivity index (χ2v) is 12.3. The number of unbranched alkanes of at least 4 members (excludes halogenated alkanes) is 1. The number of nitrogens with zero attached hydrogens (tertiary/aromatic N) is 3. The van der Waals surface area contributed by atoms with Crippen LogP contribution in [-0.4, -0.2) is 61.7 Å². The van der Waals surface area contributed by atoms with E-state index >= 15 is 0 Å². The lowest BCUT2D eigenvalue weighted by molar-refractivity contribution is -0.192. The van der Waals surface area contributed by atoms with Crippen LogP contribution < -0.4 is 5.73 Å². The summed E-state index contributed by atoms with van der Waals surface area (Å²) in [5.41, 5.74) is 9.99. The molecule has 13 heteroatoms. The molecule has 1 amide bonds. The van der Waals surface area contributed by atoms with Crippen LogP contribution in [0.1, 0.15) is 71.9 Å². The summed E-state index contributed by atoms with van der Waals surface area (Å²) in [6, 6.07) is 18.6. The first-order chi connectivity index (χ1) is 22.4. The molecule has 10 nitrogen and oxygen atoms in total. The van der Waals surface area contributed by atoms with Gasteiger partial charge in [0.2, 0.25) is 5.91 Å². The zero-order valence-electron chi connectivity index (χ0n) is 27.9. The van der Waals surface area contributed by atoms with Crippen molar-refractivity contribution in [3.63, 3.8) is 0 Å². The third kappa shape index (κ3) is 11.7. The number of amidine groups is 1. The van der Waals surface area contributed by atoms with Crippen LogP contribution in [0.3, 0.4) is 0 Å². The van der Waals surface area contributed by atoms with E-state index in [0.717, 1.165) is 29.5 Å². The van der Waals surface area contributed by atoms with Crippen molar-refractivity contribution in [3.8, 4) is 22.4 Å². The fraction of sp³-hybridized carbons (Fsp3) is 0.400. The van der Waals surface area contributed by atoms with Gasteiger partial charge in [-0.1, -0.05) is 74.8 Å². The predicted molar refractivity (Wildman–Crippen MR) is 176 cm³/mol. The van der Waals surface area contributed by atoms with Crippen molar-refractivity contribution in [2.45, 2.75) is 85.2 Å². The van der Waals surface area contributed by atoms with Crippen LogP contribution in [0.2, 0.25) is 0 Å². The van der Waals surface area contributed by atoms with E-state index in [1.54, 1.807) is 11.1 Å². The number of carbonyl (C=O) groups is 3. The molecule has 0 saturated carbocycles. The molecular weight excluding hydrogens is 629 g/mol. The first-order valence-corrected chi connectivity index (χ1v) is 15.3. The first kappa shape index (κ1) is 39.2. The fourth-order valence-corrected chi connectivity index (χ4v) is 4.65. The molecule has 260 valence electrons. The number of amides is 1. The maximum Gasteiger partial charge on any atom is 0.490 e. The number of oxime groups is 1. The van der Waals surface area contributed by atoms with E-state index in [4.69, 9.17) is 25.4 Å². The highest BCUT2D eigenvalue weighted by molar-refractivity contribution is 6.03. The number of aliphatic carboxylic acids is 1. The van der Waals surface area contributed by atoms with Gasteiger partial charge in [0.05, 0.1) is 5.69 Å². The molecule has 2 aromatic carbocycles. The average molecular weight is 673 g/mol. The predicted octanol–water partition coefficient (Wildman–Crippen LogP) is 7.03. The van der Waals surface area contributed by atoms with Gasteiger partial charge in [0, 0.05) is 30.3 Å². The van der Waals surface area contributed by atoms with Gasteiger partial charge in [0.1, 0.15) is 11.6 Å². The van der Waals surface area contributed by atoms with Crippen molar-refractivity contribution in [1.29, 1.82) is 0 Å². The molecule has 0 radical (unpaired) electrons. The molecule has 4 N–H and O–H groups in total. The Bertz CT molecular complexity index is 1550. The summed E-state index contributed by atoms with van der Waals surface area (Å²) in [7, 11) is 0. The number of benzene rings is 2. The van der Waals surface area contributed by atoms with Gasteiger partial charge in [0.25, 0.3) is 0 Å². The van der Waals surface area contributed by atoms with Gasteiger partial charge in [-0.3, -0.25) is 9.78 Å². The summed E-state index contributed by atoms with van der Waals surface area (Å²) in [5.74, 6) is -3.43. The minimum Gasteiger partial charge on any atom is -0.475 e. The van der Waals surface area contributed by atoms with Crippen LogP contribution in [0, 0.1) is 5.92 Å². The van der Waals surface area contributed by atoms with E-state index in [2.05, 4.69) is 5.16 Å². The first-order valence-electron chi connectivity index (χ1n) is 15.3. The Labute approximate surface area is 278 Å². The molecule has 1 heterocycles. The Morgan fingerprint density at radius 2 is 1.62 bits per heavy atom. The van der Waals surface area contributed by atoms with Crippen LogP contribution in [0.25, 0.3) is 22.4 Å². The van der Waals surface area contributed by atoms with Crippen LogP contribution in [0.5, 0.6) is 0 Å². The third-order valence-corrected chi connectivity index (χ3v) is 6.89. The number of carbonyl (C=O) groups excluding carboxylic acids is 2. The lowest BCUT2D eigenvalue weighted by Gasteiger charge is -2.35. The van der Waals surface area contributed by atoms with Crippen molar-refractivity contribution in [2.75, 3.05) is 0 Å². The smallest absolute Gasteiger partial charge is 0.475 e. The zero-order valence-corrected chi connectivity index (χ0v) is 27.9. The van der Waals surface area contributed by atoms with Crippen LogP contribution in [0.4, 0.5) is 13.2 Å². The summed E-state index contributed by atoms with van der Waals surface area (Å²) in [6.45, 7) is 11.6. The molecule has 0 fully saturated rings. The Morgan fingerprint density at radius 1 is 1.00 bits per heavy atom. The number of carboxylic acid groups (broad SMARTS) is 1. The number of halogens is 3. The van der Waals surface area contributed by atoms with Crippen molar-refractivity contribution in [3.05, 3.63) is 78.0 Å². The highest BCUT2D eigenvalue weighted by Gasteiger charge is 2.38. The van der Waals surface area contributed by atoms with Gasteiger partial charge < -0.3 is 25.7 Å². The number of rotatable bonds is 11. The maximum absolute atomic E-state index is 13.4. The molecular formula is C35H43F3N4O6. The van der Waals surface area contributed by atoms with Crippen LogP contribution in [-0.2, 0) is 25.7 Å². The summed E-state index contributed by atoms with van der Waals surface area (Å²) in [4.78, 5) is 41.9. The lowest BCUT2D eigenvalue weighted by Crippen LogP contribution is -2.49. The van der Waals surface area contributed by atoms with Crippen molar-refractivity contribution in [1.82, 2.24) is 9.88 Å². The normalized spacial score (nSPS) is 12.5. The average Bonchev–Trinajstić information content (AvgIpc) is 3.02. The number of hydrogen-bond acceptors (Lipinski definition) is 7. The molecule has 0 unspecified atom stereocenters. The van der Waals surface area contributed by atoms with E-state index < -0.39 is 29.8 Å². The molecule has 0 aliphatic carbocycles. The van der Waals surface area contributed by atoms with E-state index in [1.807, 2.05) is 102 Å². The summed E-state index contributed by atoms with van der Waals surface area (Å²) in [6.07, 6.45) is -1.42. The molecule has 0 aliphatic rings. The van der Waals surface area contributed by atoms with Crippen LogP contribution >= 0.6 is 0 Å². The Kier molecular flexibility index (Phi) is 14.1. The van der Waals surface area contributed by atoms with E-state index in [-0.39, 0.29) is 24.2 Å². The number of pyridine rings is 1. The van der Waals surface area contributed by atoms with Gasteiger partial charge in [-0.05, 0) is 68.0 Å². The van der Waals surface area contributed by atoms with Gasteiger partial charge in [-0.25, -0.2) is 9.59 Å². The van der Waals surface area contributed by atoms with Crippen molar-refractivity contribution < 1.29 is 42.6 Å². The number of nitrogens with two attached hydrogens (primary N) is 1.